The minimum atomic E-state index is -2.61. The number of aryl methyl sites for hydroxylation is 1. The molecule has 5 rings (SSSR count). The second-order valence-electron chi connectivity index (χ2n) is 8.68. The highest BCUT2D eigenvalue weighted by Gasteiger charge is 2.49. The Morgan fingerprint density at radius 3 is 2.11 bits per heavy atom. The maximum absolute atomic E-state index is 10.8. The van der Waals surface area contributed by atoms with E-state index in [2.05, 4.69) is 24.3 Å². The van der Waals surface area contributed by atoms with Crippen LogP contribution in [0.15, 0.2) is 12.3 Å². The fourth-order valence-electron chi connectivity index (χ4n) is 4.31. The highest BCUT2D eigenvalue weighted by molar-refractivity contribution is 7.92. The van der Waals surface area contributed by atoms with Crippen LogP contribution in [-0.2, 0) is 9.84 Å². The van der Waals surface area contributed by atoms with Gasteiger partial charge < -0.3 is 5.32 Å². The van der Waals surface area contributed by atoms with Crippen molar-refractivity contribution in [2.75, 3.05) is 24.6 Å². The Labute approximate surface area is 166 Å². The summed E-state index contributed by atoms with van der Waals surface area (Å²) in [6, 6.07) is 2.50. The van der Waals surface area contributed by atoms with Gasteiger partial charge in [-0.2, -0.15) is 5.10 Å². The predicted molar refractivity (Wildman–Crippen MR) is 113 cm³/mol. The lowest BCUT2D eigenvalue weighted by molar-refractivity contribution is 0.370. The lowest BCUT2D eigenvalue weighted by Crippen LogP contribution is -2.49. The van der Waals surface area contributed by atoms with Crippen molar-refractivity contribution in [2.24, 2.45) is 17.3 Å². The predicted octanol–water partition coefficient (Wildman–Crippen LogP) is 4.00. The highest BCUT2D eigenvalue weighted by Crippen LogP contribution is 2.51. The van der Waals surface area contributed by atoms with E-state index in [-0.39, 0.29) is 5.41 Å². The molecule has 6 heteroatoms. The van der Waals surface area contributed by atoms with Crippen LogP contribution in [0, 0.1) is 24.2 Å². The fraction of sp³-hybridized carbons (Fsp3) is 0.857. The SMILES string of the molecule is C1C[C@@H]2C[C@@H]2C1.CC.Cc1ccn(C(C)C)n1.O=S1(=O)CC2(CCNC2)C1. The molecule has 4 aliphatic rings. The Bertz CT molecular complexity index is 653. The first-order valence-corrected chi connectivity index (χ1v) is 12.5. The van der Waals surface area contributed by atoms with Gasteiger partial charge in [0.2, 0.25) is 0 Å². The number of hydrogen-bond acceptors (Lipinski definition) is 4. The van der Waals surface area contributed by atoms with Crippen LogP contribution in [0.2, 0.25) is 0 Å². The van der Waals surface area contributed by atoms with Gasteiger partial charge in [0.05, 0.1) is 17.2 Å². The van der Waals surface area contributed by atoms with Crippen LogP contribution in [-0.4, -0.2) is 42.8 Å². The minimum Gasteiger partial charge on any atom is -0.316 e. The molecule has 0 unspecified atom stereocenters. The molecule has 5 nitrogen and oxygen atoms in total. The van der Waals surface area contributed by atoms with Gasteiger partial charge in [-0.15, -0.1) is 0 Å². The number of sulfone groups is 1. The molecule has 156 valence electrons. The summed E-state index contributed by atoms with van der Waals surface area (Å²) in [5.41, 5.74) is 1.24. The van der Waals surface area contributed by atoms with Crippen molar-refractivity contribution in [3.8, 4) is 0 Å². The van der Waals surface area contributed by atoms with Crippen molar-refractivity contribution in [2.45, 2.75) is 72.8 Å². The Morgan fingerprint density at radius 2 is 1.85 bits per heavy atom. The summed E-state index contributed by atoms with van der Waals surface area (Å²) < 4.78 is 23.6. The Hall–Kier alpha value is -0.880. The molecular formula is C21H39N3O2S. The summed E-state index contributed by atoms with van der Waals surface area (Å²) in [7, 11) is -2.61. The van der Waals surface area contributed by atoms with Gasteiger partial charge in [-0.25, -0.2) is 8.42 Å². The number of rotatable bonds is 1. The van der Waals surface area contributed by atoms with Crippen molar-refractivity contribution in [3.05, 3.63) is 18.0 Å². The second kappa shape index (κ2) is 9.55. The Balaban J connectivity index is 0.000000142. The monoisotopic (exact) mass is 397 g/mol. The summed E-state index contributed by atoms with van der Waals surface area (Å²) in [5, 5.41) is 7.42. The zero-order valence-corrected chi connectivity index (χ0v) is 18.7. The average Bonchev–Trinajstić information content (AvgIpc) is 3.04. The van der Waals surface area contributed by atoms with Crippen molar-refractivity contribution >= 4 is 9.84 Å². The number of nitrogens with zero attached hydrogens (tertiary/aromatic N) is 2. The molecule has 0 radical (unpaired) electrons. The number of hydrogen-bond donors (Lipinski definition) is 1. The van der Waals surface area contributed by atoms with E-state index >= 15 is 0 Å². The molecule has 2 saturated heterocycles. The molecule has 1 spiro atoms. The van der Waals surface area contributed by atoms with Crippen molar-refractivity contribution in [3.63, 3.8) is 0 Å². The zero-order valence-electron chi connectivity index (χ0n) is 17.9. The summed E-state index contributed by atoms with van der Waals surface area (Å²) in [6.45, 7) is 12.1. The topological polar surface area (TPSA) is 64.0 Å². The molecule has 1 aromatic rings. The quantitative estimate of drug-likeness (QED) is 0.778. The molecule has 0 aromatic carbocycles. The first-order chi connectivity index (χ1) is 12.8. The maximum Gasteiger partial charge on any atom is 0.151 e. The summed E-state index contributed by atoms with van der Waals surface area (Å²) in [4.78, 5) is 0. The van der Waals surface area contributed by atoms with Gasteiger partial charge in [-0.3, -0.25) is 4.68 Å². The molecule has 1 aromatic heterocycles. The van der Waals surface area contributed by atoms with Crippen molar-refractivity contribution in [1.29, 1.82) is 0 Å². The van der Waals surface area contributed by atoms with Gasteiger partial charge in [-0.05, 0) is 58.1 Å². The van der Waals surface area contributed by atoms with Crippen molar-refractivity contribution in [1.82, 2.24) is 15.1 Å². The highest BCUT2D eigenvalue weighted by atomic mass is 32.2. The number of nitrogens with one attached hydrogen (secondary N) is 1. The minimum absolute atomic E-state index is 0.152. The third-order valence-electron chi connectivity index (χ3n) is 5.87. The van der Waals surface area contributed by atoms with Crippen LogP contribution in [0.5, 0.6) is 0 Å². The molecule has 2 saturated carbocycles. The van der Waals surface area contributed by atoms with E-state index < -0.39 is 9.84 Å². The molecular weight excluding hydrogens is 358 g/mol. The molecule has 4 fully saturated rings. The van der Waals surface area contributed by atoms with Crippen LogP contribution < -0.4 is 5.32 Å². The third-order valence-corrected chi connectivity index (χ3v) is 7.98. The van der Waals surface area contributed by atoms with E-state index in [1.54, 1.807) is 19.3 Å². The summed E-state index contributed by atoms with van der Waals surface area (Å²) >= 11 is 0. The van der Waals surface area contributed by atoms with E-state index in [1.807, 2.05) is 37.7 Å². The van der Waals surface area contributed by atoms with Gasteiger partial charge in [0.15, 0.2) is 9.84 Å². The fourth-order valence-corrected chi connectivity index (χ4v) is 6.59. The molecule has 2 aliphatic carbocycles. The molecule has 3 heterocycles. The molecule has 2 aliphatic heterocycles. The van der Waals surface area contributed by atoms with E-state index in [1.165, 1.54) is 18.3 Å². The normalized spacial score (nSPS) is 27.9. The van der Waals surface area contributed by atoms with E-state index in [9.17, 15) is 8.42 Å². The van der Waals surface area contributed by atoms with Gasteiger partial charge in [0.1, 0.15) is 0 Å². The van der Waals surface area contributed by atoms with Crippen LogP contribution in [0.1, 0.15) is 71.5 Å². The van der Waals surface area contributed by atoms with Crippen LogP contribution >= 0.6 is 0 Å². The average molecular weight is 398 g/mol. The Kier molecular flexibility index (Phi) is 7.93. The third kappa shape index (κ3) is 6.60. The number of aromatic nitrogens is 2. The van der Waals surface area contributed by atoms with Gasteiger partial charge >= 0.3 is 0 Å². The van der Waals surface area contributed by atoms with E-state index in [0.717, 1.165) is 25.2 Å². The first-order valence-electron chi connectivity index (χ1n) is 10.7. The van der Waals surface area contributed by atoms with Gasteiger partial charge in [0.25, 0.3) is 0 Å². The van der Waals surface area contributed by atoms with E-state index in [0.29, 0.717) is 17.5 Å². The van der Waals surface area contributed by atoms with E-state index in [4.69, 9.17) is 0 Å². The lowest BCUT2D eigenvalue weighted by Gasteiger charge is -2.36. The molecule has 0 amide bonds. The summed E-state index contributed by atoms with van der Waals surface area (Å²) in [5.74, 6) is 3.27. The summed E-state index contributed by atoms with van der Waals surface area (Å²) in [6.07, 6.45) is 9.29. The van der Waals surface area contributed by atoms with Gasteiger partial charge in [0, 0.05) is 24.2 Å². The van der Waals surface area contributed by atoms with Crippen LogP contribution in [0.4, 0.5) is 0 Å². The molecule has 1 N–H and O–H groups in total. The maximum atomic E-state index is 10.8. The smallest absolute Gasteiger partial charge is 0.151 e. The molecule has 2 atom stereocenters. The first kappa shape index (κ1) is 22.4. The number of fused-ring (bicyclic) bond motifs is 1. The largest absolute Gasteiger partial charge is 0.316 e. The van der Waals surface area contributed by atoms with Crippen LogP contribution in [0.3, 0.4) is 0 Å². The standard InChI is InChI=1S/C7H12N2.C6H11NO2S.C6H10.C2H6/c1-6(2)9-5-4-7(3)8-9;8-10(9)4-6(5-10)1-2-7-3-6;1-2-5-4-6(5)3-1;1-2/h4-6H,1-3H3;7H,1-5H2;5-6H,1-4H2;1-2H3/t;;5-,6+;. The van der Waals surface area contributed by atoms with Crippen LogP contribution in [0.25, 0.3) is 0 Å². The molecule has 0 bridgehead atoms. The lowest BCUT2D eigenvalue weighted by atomic mass is 9.91. The molecule has 27 heavy (non-hydrogen) atoms. The zero-order chi connectivity index (χ0) is 20.1. The van der Waals surface area contributed by atoms with Gasteiger partial charge in [-0.1, -0.05) is 33.1 Å². The van der Waals surface area contributed by atoms with Crippen molar-refractivity contribution < 1.29 is 8.42 Å². The Morgan fingerprint density at radius 1 is 1.22 bits per heavy atom. The second-order valence-corrected chi connectivity index (χ2v) is 10.7.